The van der Waals surface area contributed by atoms with Crippen LogP contribution in [0, 0.1) is 0 Å². The number of halogens is 1. The van der Waals surface area contributed by atoms with Crippen LogP contribution in [0.2, 0.25) is 0 Å². The molecule has 0 aromatic rings. The standard InChI is InChI=1S/C2H5ClO4S.Na.H/c3-1-2-7-8(4,5)6;;/h1-2H2,(H,4,5,6);;. The summed E-state index contributed by atoms with van der Waals surface area (Å²) in [7, 11) is -4.27. The van der Waals surface area contributed by atoms with Gasteiger partial charge in [0.05, 0.1) is 6.61 Å². The molecular weight excluding hydrogens is 179 g/mol. The second-order valence-corrected chi connectivity index (χ2v) is 2.41. The van der Waals surface area contributed by atoms with E-state index in [-0.39, 0.29) is 42.0 Å². The van der Waals surface area contributed by atoms with Crippen molar-refractivity contribution >= 4 is 51.6 Å². The molecule has 0 unspecified atom stereocenters. The third-order valence-corrected chi connectivity index (χ3v) is 0.928. The molecule has 0 aromatic heterocycles. The zero-order valence-electron chi connectivity index (χ0n) is 3.87. The topological polar surface area (TPSA) is 63.6 Å². The predicted molar refractivity (Wildman–Crippen MR) is 35.4 cm³/mol. The SMILES string of the molecule is O=S(=O)(O)OCCCl.[NaH]. The Labute approximate surface area is 80.8 Å². The van der Waals surface area contributed by atoms with Crippen molar-refractivity contribution in [3.63, 3.8) is 0 Å². The molecule has 0 rings (SSSR count). The van der Waals surface area contributed by atoms with E-state index >= 15 is 0 Å². The van der Waals surface area contributed by atoms with Crippen molar-refractivity contribution in [2.75, 3.05) is 12.5 Å². The van der Waals surface area contributed by atoms with Crippen LogP contribution < -0.4 is 0 Å². The Morgan fingerprint density at radius 2 is 2.00 bits per heavy atom. The fourth-order valence-corrected chi connectivity index (χ4v) is 0.599. The van der Waals surface area contributed by atoms with Gasteiger partial charge in [0.15, 0.2) is 0 Å². The molecule has 0 aliphatic carbocycles. The van der Waals surface area contributed by atoms with Crippen LogP contribution in [-0.4, -0.2) is 55.0 Å². The molecule has 0 fully saturated rings. The van der Waals surface area contributed by atoms with Crippen LogP contribution >= 0.6 is 11.6 Å². The van der Waals surface area contributed by atoms with Gasteiger partial charge in [0.1, 0.15) is 0 Å². The monoisotopic (exact) mass is 184 g/mol. The molecule has 0 aliphatic rings. The summed E-state index contributed by atoms with van der Waals surface area (Å²) < 4.78 is 30.9. The summed E-state index contributed by atoms with van der Waals surface area (Å²) in [6.07, 6.45) is 0. The van der Waals surface area contributed by atoms with E-state index in [0.29, 0.717) is 0 Å². The second kappa shape index (κ2) is 5.91. The number of alkyl halides is 1. The molecule has 52 valence electrons. The molecule has 0 bridgehead atoms. The first-order valence-corrected chi connectivity index (χ1v) is 3.64. The van der Waals surface area contributed by atoms with Crippen molar-refractivity contribution in [1.29, 1.82) is 0 Å². The maximum atomic E-state index is 9.66. The molecule has 9 heavy (non-hydrogen) atoms. The van der Waals surface area contributed by atoms with Crippen molar-refractivity contribution in [3.05, 3.63) is 0 Å². The van der Waals surface area contributed by atoms with Crippen LogP contribution in [0.25, 0.3) is 0 Å². The Kier molecular flexibility index (Phi) is 8.41. The van der Waals surface area contributed by atoms with E-state index in [0.717, 1.165) is 0 Å². The van der Waals surface area contributed by atoms with Gasteiger partial charge in [0, 0.05) is 5.88 Å². The van der Waals surface area contributed by atoms with E-state index in [1.165, 1.54) is 0 Å². The van der Waals surface area contributed by atoms with E-state index in [9.17, 15) is 8.42 Å². The Balaban J connectivity index is 0. The number of hydrogen-bond acceptors (Lipinski definition) is 3. The third-order valence-electron chi connectivity index (χ3n) is 0.309. The molecule has 7 heteroatoms. The Bertz CT molecular complexity index is 143. The summed E-state index contributed by atoms with van der Waals surface area (Å²) in [6.45, 7) is -0.194. The van der Waals surface area contributed by atoms with Crippen molar-refractivity contribution in [3.8, 4) is 0 Å². The van der Waals surface area contributed by atoms with Gasteiger partial charge in [-0.2, -0.15) is 8.42 Å². The van der Waals surface area contributed by atoms with Gasteiger partial charge in [0.25, 0.3) is 0 Å². The Morgan fingerprint density at radius 1 is 1.56 bits per heavy atom. The fourth-order valence-electron chi connectivity index (χ4n) is 0.137. The summed E-state index contributed by atoms with van der Waals surface area (Å²) in [4.78, 5) is 0. The average molecular weight is 185 g/mol. The van der Waals surface area contributed by atoms with Gasteiger partial charge in [-0.15, -0.1) is 11.6 Å². The van der Waals surface area contributed by atoms with Crippen LogP contribution in [0.5, 0.6) is 0 Å². The molecular formula is C2H6ClNaO4S. The van der Waals surface area contributed by atoms with Gasteiger partial charge >= 0.3 is 40.0 Å². The van der Waals surface area contributed by atoms with E-state index in [4.69, 9.17) is 16.2 Å². The van der Waals surface area contributed by atoms with Crippen molar-refractivity contribution < 1.29 is 17.2 Å². The second-order valence-electron chi connectivity index (χ2n) is 0.939. The van der Waals surface area contributed by atoms with Crippen LogP contribution in [0.1, 0.15) is 0 Å². The molecule has 0 aromatic carbocycles. The summed E-state index contributed by atoms with van der Waals surface area (Å²) in [5, 5.41) is 0. The predicted octanol–water partition coefficient (Wildman–Crippen LogP) is -0.604. The molecule has 1 N–H and O–H groups in total. The summed E-state index contributed by atoms with van der Waals surface area (Å²) in [6, 6.07) is 0. The van der Waals surface area contributed by atoms with Gasteiger partial charge in [-0.1, -0.05) is 0 Å². The first-order chi connectivity index (χ1) is 3.56. The molecule has 0 spiro atoms. The van der Waals surface area contributed by atoms with Crippen molar-refractivity contribution in [1.82, 2.24) is 0 Å². The summed E-state index contributed by atoms with van der Waals surface area (Å²) in [5.74, 6) is 0.0415. The third kappa shape index (κ3) is 12.4. The Hall–Kier alpha value is 1.16. The number of rotatable bonds is 3. The van der Waals surface area contributed by atoms with E-state index in [1.807, 2.05) is 0 Å². The fraction of sp³-hybridized carbons (Fsp3) is 1.00. The normalized spacial score (nSPS) is 10.4. The van der Waals surface area contributed by atoms with Crippen molar-refractivity contribution in [2.45, 2.75) is 0 Å². The molecule has 0 heterocycles. The molecule has 0 saturated carbocycles. The molecule has 4 nitrogen and oxygen atoms in total. The van der Waals surface area contributed by atoms with Crippen molar-refractivity contribution in [2.24, 2.45) is 0 Å². The molecule has 0 aliphatic heterocycles. The Morgan fingerprint density at radius 3 is 2.11 bits per heavy atom. The molecule has 0 amide bonds. The van der Waals surface area contributed by atoms with Gasteiger partial charge < -0.3 is 0 Å². The summed E-state index contributed by atoms with van der Waals surface area (Å²) >= 11 is 5.01. The van der Waals surface area contributed by atoms with Crippen LogP contribution in [0.15, 0.2) is 0 Å². The molecule has 0 saturated heterocycles. The van der Waals surface area contributed by atoms with E-state index < -0.39 is 10.4 Å². The van der Waals surface area contributed by atoms with Crippen LogP contribution in [0.4, 0.5) is 0 Å². The minimum absolute atomic E-state index is 0. The van der Waals surface area contributed by atoms with Crippen LogP contribution in [0.3, 0.4) is 0 Å². The van der Waals surface area contributed by atoms with Gasteiger partial charge in [-0.05, 0) is 0 Å². The van der Waals surface area contributed by atoms with Gasteiger partial charge in [-0.25, -0.2) is 4.18 Å². The zero-order valence-corrected chi connectivity index (χ0v) is 5.44. The van der Waals surface area contributed by atoms with Crippen LogP contribution in [-0.2, 0) is 14.6 Å². The first-order valence-electron chi connectivity index (χ1n) is 1.74. The van der Waals surface area contributed by atoms with Gasteiger partial charge in [0.2, 0.25) is 0 Å². The quantitative estimate of drug-likeness (QED) is 0.361. The minimum atomic E-state index is -4.27. The van der Waals surface area contributed by atoms with E-state index in [2.05, 4.69) is 4.18 Å². The number of hydrogen-bond donors (Lipinski definition) is 1. The molecule has 0 atom stereocenters. The maximum absolute atomic E-state index is 9.66. The molecule has 0 radical (unpaired) electrons. The first kappa shape index (κ1) is 12.8. The van der Waals surface area contributed by atoms with Gasteiger partial charge in [-0.3, -0.25) is 4.55 Å². The summed E-state index contributed by atoms with van der Waals surface area (Å²) in [5.41, 5.74) is 0. The average Bonchev–Trinajstić information content (AvgIpc) is 1.59. The van der Waals surface area contributed by atoms with E-state index in [1.54, 1.807) is 0 Å². The zero-order chi connectivity index (χ0) is 6.62.